The van der Waals surface area contributed by atoms with Gasteiger partial charge in [0.25, 0.3) is 0 Å². The first kappa shape index (κ1) is 24.3. The zero-order chi connectivity index (χ0) is 25.3. The predicted octanol–water partition coefficient (Wildman–Crippen LogP) is 4.68. The van der Waals surface area contributed by atoms with Crippen LogP contribution in [0.3, 0.4) is 0 Å². The van der Waals surface area contributed by atoms with E-state index in [9.17, 15) is 22.4 Å². The molecule has 0 N–H and O–H groups in total. The van der Waals surface area contributed by atoms with Crippen molar-refractivity contribution in [1.82, 2.24) is 19.7 Å². The van der Waals surface area contributed by atoms with Crippen LogP contribution in [0.25, 0.3) is 0 Å². The molecular formula is C26H27F4N5O. The highest BCUT2D eigenvalue weighted by molar-refractivity contribution is 5.76. The zero-order valence-electron chi connectivity index (χ0n) is 19.7. The van der Waals surface area contributed by atoms with Gasteiger partial charge in [-0.25, -0.2) is 4.39 Å². The Morgan fingerprint density at radius 1 is 1.00 bits per heavy atom. The number of carbonyl (C=O) groups excluding carboxylic acids is 1. The fraction of sp³-hybridized carbons (Fsp3) is 0.423. The molecule has 5 rings (SSSR count). The van der Waals surface area contributed by atoms with Gasteiger partial charge in [0.2, 0.25) is 5.91 Å². The molecule has 4 heterocycles. The summed E-state index contributed by atoms with van der Waals surface area (Å²) in [6.07, 6.45) is 1.22. The number of aromatic nitrogens is 3. The van der Waals surface area contributed by atoms with Crippen LogP contribution in [-0.2, 0) is 30.5 Å². The van der Waals surface area contributed by atoms with Crippen molar-refractivity contribution in [3.63, 3.8) is 0 Å². The van der Waals surface area contributed by atoms with Crippen LogP contribution in [0.15, 0.2) is 48.8 Å². The number of fused-ring (bicyclic) bond motifs is 1. The number of alkyl halides is 3. The number of piperidine rings is 1. The lowest BCUT2D eigenvalue weighted by Crippen LogP contribution is -2.40. The van der Waals surface area contributed by atoms with Crippen LogP contribution in [0.1, 0.15) is 41.8 Å². The minimum absolute atomic E-state index is 0.0360. The monoisotopic (exact) mass is 501 g/mol. The molecule has 0 bridgehead atoms. The number of nitrogens with zero attached hydrogens (tertiary/aromatic N) is 5. The zero-order valence-corrected chi connectivity index (χ0v) is 19.7. The number of hydrogen-bond acceptors (Lipinski definition) is 4. The fourth-order valence-corrected chi connectivity index (χ4v) is 5.14. The average Bonchev–Trinajstić information content (AvgIpc) is 3.24. The van der Waals surface area contributed by atoms with E-state index in [0.717, 1.165) is 31.6 Å². The SMILES string of the molecule is O=C(CC1CCN(c2ccncc2)CC1)N1CCc2c(C(F)(F)F)nn(Cc3ccc(F)cc3)c2C1. The molecule has 0 saturated carbocycles. The molecule has 2 aliphatic rings. The van der Waals surface area contributed by atoms with Crippen molar-refractivity contribution in [2.24, 2.45) is 5.92 Å². The number of amides is 1. The van der Waals surface area contributed by atoms with Crippen LogP contribution in [0.2, 0.25) is 0 Å². The summed E-state index contributed by atoms with van der Waals surface area (Å²) in [6, 6.07) is 9.54. The van der Waals surface area contributed by atoms with Crippen molar-refractivity contribution in [1.29, 1.82) is 0 Å². The second kappa shape index (κ2) is 9.91. The third-order valence-electron chi connectivity index (χ3n) is 7.11. The minimum atomic E-state index is -4.58. The molecule has 190 valence electrons. The highest BCUT2D eigenvalue weighted by Gasteiger charge is 2.41. The summed E-state index contributed by atoms with van der Waals surface area (Å²) >= 11 is 0. The van der Waals surface area contributed by atoms with Crippen molar-refractivity contribution < 1.29 is 22.4 Å². The van der Waals surface area contributed by atoms with Gasteiger partial charge in [-0.2, -0.15) is 18.3 Å². The molecular weight excluding hydrogens is 474 g/mol. The van der Waals surface area contributed by atoms with E-state index < -0.39 is 17.7 Å². The minimum Gasteiger partial charge on any atom is -0.371 e. The van der Waals surface area contributed by atoms with Gasteiger partial charge in [-0.3, -0.25) is 14.5 Å². The first-order valence-electron chi connectivity index (χ1n) is 12.1. The molecule has 3 aromatic rings. The number of anilines is 1. The highest BCUT2D eigenvalue weighted by Crippen LogP contribution is 2.36. The Morgan fingerprint density at radius 3 is 2.36 bits per heavy atom. The van der Waals surface area contributed by atoms with Gasteiger partial charge in [-0.15, -0.1) is 0 Å². The molecule has 10 heteroatoms. The Kier molecular flexibility index (Phi) is 6.68. The number of pyridine rings is 1. The second-order valence-electron chi connectivity index (χ2n) is 9.46. The molecule has 0 radical (unpaired) electrons. The number of hydrogen-bond donors (Lipinski definition) is 0. The van der Waals surface area contributed by atoms with Crippen LogP contribution in [0.4, 0.5) is 23.2 Å². The Labute approximate surface area is 206 Å². The van der Waals surface area contributed by atoms with Gasteiger partial charge in [0.1, 0.15) is 5.82 Å². The number of rotatable bonds is 5. The number of halogens is 4. The Hall–Kier alpha value is -3.43. The molecule has 2 aromatic heterocycles. The van der Waals surface area contributed by atoms with Gasteiger partial charge in [0.05, 0.1) is 18.8 Å². The normalized spacial score (nSPS) is 16.8. The summed E-state index contributed by atoms with van der Waals surface area (Å²) in [5.41, 5.74) is 1.42. The Morgan fingerprint density at radius 2 is 1.69 bits per heavy atom. The first-order valence-corrected chi connectivity index (χ1v) is 12.1. The lowest BCUT2D eigenvalue weighted by atomic mass is 9.92. The van der Waals surface area contributed by atoms with Crippen molar-refractivity contribution >= 4 is 11.6 Å². The summed E-state index contributed by atoms with van der Waals surface area (Å²) in [4.78, 5) is 21.1. The Balaban J connectivity index is 1.26. The van der Waals surface area contributed by atoms with Crippen LogP contribution in [-0.4, -0.2) is 45.2 Å². The van der Waals surface area contributed by atoms with E-state index in [2.05, 4.69) is 15.0 Å². The van der Waals surface area contributed by atoms with Crippen LogP contribution in [0, 0.1) is 11.7 Å². The lowest BCUT2D eigenvalue weighted by molar-refractivity contribution is -0.142. The molecule has 36 heavy (non-hydrogen) atoms. The molecule has 0 unspecified atom stereocenters. The molecule has 0 spiro atoms. The largest absolute Gasteiger partial charge is 0.435 e. The standard InChI is InChI=1S/C26H27F4N5O/c27-20-3-1-19(2-4-20)16-35-23-17-34(14-9-22(23)25(32-35)26(28,29)30)24(36)15-18-7-12-33(13-8-18)21-5-10-31-11-6-21/h1-6,10-11,18H,7-9,12-17H2. The molecule has 0 atom stereocenters. The maximum absolute atomic E-state index is 13.7. The smallest absolute Gasteiger partial charge is 0.371 e. The maximum Gasteiger partial charge on any atom is 0.435 e. The predicted molar refractivity (Wildman–Crippen MR) is 126 cm³/mol. The quantitative estimate of drug-likeness (QED) is 0.477. The Bertz CT molecular complexity index is 1200. The van der Waals surface area contributed by atoms with Crippen LogP contribution in [0.5, 0.6) is 0 Å². The molecule has 1 fully saturated rings. The number of benzene rings is 1. The van der Waals surface area contributed by atoms with Crippen molar-refractivity contribution in [3.05, 3.63) is 77.1 Å². The van der Waals surface area contributed by atoms with Crippen molar-refractivity contribution in [2.75, 3.05) is 24.5 Å². The maximum atomic E-state index is 13.7. The summed E-state index contributed by atoms with van der Waals surface area (Å²) < 4.78 is 55.7. The molecule has 1 aromatic carbocycles. The summed E-state index contributed by atoms with van der Waals surface area (Å²) in [7, 11) is 0. The van der Waals surface area contributed by atoms with Gasteiger partial charge in [-0.1, -0.05) is 12.1 Å². The van der Waals surface area contributed by atoms with Gasteiger partial charge >= 0.3 is 6.18 Å². The second-order valence-corrected chi connectivity index (χ2v) is 9.46. The third kappa shape index (κ3) is 5.22. The van der Waals surface area contributed by atoms with Gasteiger partial charge < -0.3 is 9.80 Å². The first-order chi connectivity index (χ1) is 17.3. The molecule has 0 aliphatic carbocycles. The fourth-order valence-electron chi connectivity index (χ4n) is 5.14. The van der Waals surface area contributed by atoms with Crippen molar-refractivity contribution in [2.45, 2.75) is 44.9 Å². The van der Waals surface area contributed by atoms with Gasteiger partial charge in [-0.05, 0) is 55.0 Å². The highest BCUT2D eigenvalue weighted by atomic mass is 19.4. The molecule has 6 nitrogen and oxygen atoms in total. The molecule has 1 saturated heterocycles. The van der Waals surface area contributed by atoms with E-state index in [1.807, 2.05) is 12.1 Å². The average molecular weight is 502 g/mol. The van der Waals surface area contributed by atoms with E-state index in [4.69, 9.17) is 0 Å². The van der Waals surface area contributed by atoms with E-state index in [1.165, 1.54) is 28.9 Å². The van der Waals surface area contributed by atoms with Gasteiger partial charge in [0, 0.05) is 49.7 Å². The topological polar surface area (TPSA) is 54.3 Å². The summed E-state index contributed by atoms with van der Waals surface area (Å²) in [5.74, 6) is -0.210. The summed E-state index contributed by atoms with van der Waals surface area (Å²) in [5, 5.41) is 3.88. The third-order valence-corrected chi connectivity index (χ3v) is 7.11. The van der Waals surface area contributed by atoms with E-state index in [1.54, 1.807) is 17.3 Å². The number of carbonyl (C=O) groups is 1. The lowest BCUT2D eigenvalue weighted by Gasteiger charge is -2.35. The van der Waals surface area contributed by atoms with E-state index in [-0.39, 0.29) is 43.4 Å². The van der Waals surface area contributed by atoms with Crippen LogP contribution < -0.4 is 4.90 Å². The van der Waals surface area contributed by atoms with Crippen LogP contribution >= 0.6 is 0 Å². The van der Waals surface area contributed by atoms with Crippen molar-refractivity contribution in [3.8, 4) is 0 Å². The van der Waals surface area contributed by atoms with E-state index >= 15 is 0 Å². The van der Waals surface area contributed by atoms with E-state index in [0.29, 0.717) is 17.7 Å². The molecule has 2 aliphatic heterocycles. The summed E-state index contributed by atoms with van der Waals surface area (Å²) in [6.45, 7) is 2.12. The molecule has 1 amide bonds. The van der Waals surface area contributed by atoms with Gasteiger partial charge in [0.15, 0.2) is 5.69 Å².